The fourth-order valence-corrected chi connectivity index (χ4v) is 5.07. The normalized spacial score (nSPS) is 17.2. The standard InChI is InChI=1S/C26H19FN2O5S/c1-33-17-8-6-14(7-9-17)23(30)21-22(15-4-3-5-16(27)12-15)29(25(32)24(21)31)26-28-19-11-10-18(34-2)13-20(19)35-26/h3-13,22,30H,1-2H3/t22-/m1/s1. The molecule has 1 N–H and O–H groups in total. The van der Waals surface area contributed by atoms with E-state index in [9.17, 15) is 19.1 Å². The number of nitrogens with zero attached hydrogens (tertiary/aromatic N) is 2. The number of benzene rings is 3. The predicted octanol–water partition coefficient (Wildman–Crippen LogP) is 5.08. The molecule has 0 radical (unpaired) electrons. The van der Waals surface area contributed by atoms with Crippen LogP contribution in [0.5, 0.6) is 11.5 Å². The molecule has 0 saturated carbocycles. The molecule has 5 rings (SSSR count). The van der Waals surface area contributed by atoms with Crippen molar-refractivity contribution in [3.63, 3.8) is 0 Å². The number of fused-ring (bicyclic) bond motifs is 1. The van der Waals surface area contributed by atoms with E-state index < -0.39 is 23.5 Å². The van der Waals surface area contributed by atoms with Gasteiger partial charge < -0.3 is 14.6 Å². The van der Waals surface area contributed by atoms with E-state index in [2.05, 4.69) is 4.98 Å². The number of carbonyl (C=O) groups excluding carboxylic acids is 2. The monoisotopic (exact) mass is 490 g/mol. The van der Waals surface area contributed by atoms with Crippen molar-refractivity contribution < 1.29 is 28.6 Å². The zero-order valence-corrected chi connectivity index (χ0v) is 19.5. The molecule has 3 aromatic carbocycles. The fourth-order valence-electron chi connectivity index (χ4n) is 4.05. The maximum absolute atomic E-state index is 14.2. The van der Waals surface area contributed by atoms with Crippen molar-refractivity contribution in [3.05, 3.63) is 89.2 Å². The number of methoxy groups -OCH3 is 2. The highest BCUT2D eigenvalue weighted by molar-refractivity contribution is 7.22. The number of rotatable bonds is 5. The van der Waals surface area contributed by atoms with Crippen molar-refractivity contribution in [2.45, 2.75) is 6.04 Å². The average Bonchev–Trinajstić information content (AvgIpc) is 3.41. The minimum Gasteiger partial charge on any atom is -0.507 e. The molecule has 1 aliphatic heterocycles. The molecule has 0 bridgehead atoms. The third-order valence-corrected chi connectivity index (χ3v) is 6.78. The lowest BCUT2D eigenvalue weighted by Crippen LogP contribution is -2.29. The smallest absolute Gasteiger partial charge is 0.301 e. The van der Waals surface area contributed by atoms with Crippen LogP contribution in [0.25, 0.3) is 16.0 Å². The van der Waals surface area contributed by atoms with Crippen molar-refractivity contribution in [2.24, 2.45) is 0 Å². The van der Waals surface area contributed by atoms with E-state index in [4.69, 9.17) is 9.47 Å². The highest BCUT2D eigenvalue weighted by atomic mass is 32.1. The highest BCUT2D eigenvalue weighted by Gasteiger charge is 2.48. The molecular formula is C26H19FN2O5S. The summed E-state index contributed by atoms with van der Waals surface area (Å²) in [6.45, 7) is 0. The van der Waals surface area contributed by atoms with Gasteiger partial charge in [-0.25, -0.2) is 9.37 Å². The molecule has 1 amide bonds. The van der Waals surface area contributed by atoms with Crippen LogP contribution in [0.2, 0.25) is 0 Å². The lowest BCUT2D eigenvalue weighted by molar-refractivity contribution is -0.132. The van der Waals surface area contributed by atoms with Crippen molar-refractivity contribution in [3.8, 4) is 11.5 Å². The van der Waals surface area contributed by atoms with Gasteiger partial charge in [0.05, 0.1) is 36.1 Å². The topological polar surface area (TPSA) is 89.0 Å². The van der Waals surface area contributed by atoms with Crippen LogP contribution in [0.15, 0.2) is 72.3 Å². The number of aromatic nitrogens is 1. The van der Waals surface area contributed by atoms with Gasteiger partial charge in [-0.15, -0.1) is 0 Å². The summed E-state index contributed by atoms with van der Waals surface area (Å²) in [4.78, 5) is 32.3. The molecule has 7 nitrogen and oxygen atoms in total. The summed E-state index contributed by atoms with van der Waals surface area (Å²) in [5.74, 6) is -1.47. The number of amides is 1. The molecule has 0 spiro atoms. The second-order valence-corrected chi connectivity index (χ2v) is 8.79. The lowest BCUT2D eigenvalue weighted by Gasteiger charge is -2.23. The summed E-state index contributed by atoms with van der Waals surface area (Å²) in [6.07, 6.45) is 0. The summed E-state index contributed by atoms with van der Waals surface area (Å²) in [6, 6.07) is 16.2. The number of carbonyl (C=O) groups is 2. The Morgan fingerprint density at radius 2 is 1.71 bits per heavy atom. The van der Waals surface area contributed by atoms with E-state index >= 15 is 0 Å². The van der Waals surface area contributed by atoms with Gasteiger partial charge in [0, 0.05) is 5.56 Å². The quantitative estimate of drug-likeness (QED) is 0.239. The van der Waals surface area contributed by atoms with E-state index in [1.54, 1.807) is 55.6 Å². The number of thiazole rings is 1. The van der Waals surface area contributed by atoms with Gasteiger partial charge in [0.2, 0.25) is 0 Å². The van der Waals surface area contributed by atoms with Crippen LogP contribution in [0.4, 0.5) is 9.52 Å². The fraction of sp³-hybridized carbons (Fsp3) is 0.115. The zero-order chi connectivity index (χ0) is 24.7. The van der Waals surface area contributed by atoms with E-state index in [1.807, 2.05) is 0 Å². The van der Waals surface area contributed by atoms with Crippen molar-refractivity contribution in [1.29, 1.82) is 0 Å². The maximum Gasteiger partial charge on any atom is 0.301 e. The van der Waals surface area contributed by atoms with Gasteiger partial charge in [-0.1, -0.05) is 23.5 Å². The first-order valence-electron chi connectivity index (χ1n) is 10.6. The van der Waals surface area contributed by atoms with E-state index in [0.717, 1.165) is 4.70 Å². The molecule has 1 aromatic heterocycles. The Kier molecular flexibility index (Phi) is 5.70. The van der Waals surface area contributed by atoms with Gasteiger partial charge in [0.1, 0.15) is 23.1 Å². The van der Waals surface area contributed by atoms with Gasteiger partial charge >= 0.3 is 5.91 Å². The highest BCUT2D eigenvalue weighted by Crippen LogP contribution is 2.44. The van der Waals surface area contributed by atoms with Crippen LogP contribution in [0.3, 0.4) is 0 Å². The SMILES string of the molecule is COc1ccc(C(O)=C2C(=O)C(=O)N(c3nc4ccc(OC)cc4s3)[C@@H]2c2cccc(F)c2)cc1. The largest absolute Gasteiger partial charge is 0.507 e. The van der Waals surface area contributed by atoms with Crippen LogP contribution in [0.1, 0.15) is 17.2 Å². The maximum atomic E-state index is 14.2. The molecule has 9 heteroatoms. The predicted molar refractivity (Wildman–Crippen MR) is 130 cm³/mol. The van der Waals surface area contributed by atoms with Crippen LogP contribution < -0.4 is 14.4 Å². The first-order chi connectivity index (χ1) is 16.9. The Morgan fingerprint density at radius 3 is 2.40 bits per heavy atom. The molecule has 1 fully saturated rings. The first kappa shape index (κ1) is 22.5. The number of ether oxygens (including phenoxy) is 2. The molecule has 35 heavy (non-hydrogen) atoms. The summed E-state index contributed by atoms with van der Waals surface area (Å²) >= 11 is 1.19. The molecular weight excluding hydrogens is 471 g/mol. The third-order valence-electron chi connectivity index (χ3n) is 5.76. The Balaban J connectivity index is 1.70. The second kappa shape index (κ2) is 8.84. The molecule has 0 aliphatic carbocycles. The molecule has 0 unspecified atom stereocenters. The van der Waals surface area contributed by atoms with Crippen LogP contribution in [-0.4, -0.2) is 36.0 Å². The summed E-state index contributed by atoms with van der Waals surface area (Å²) in [7, 11) is 3.06. The van der Waals surface area contributed by atoms with Gasteiger partial charge in [-0.3, -0.25) is 14.5 Å². The number of aliphatic hydroxyl groups excluding tert-OH is 1. The number of aliphatic hydroxyl groups is 1. The molecule has 1 atom stereocenters. The minimum absolute atomic E-state index is 0.150. The Bertz CT molecular complexity index is 1500. The van der Waals surface area contributed by atoms with Crippen molar-refractivity contribution >= 4 is 44.1 Å². The number of anilines is 1. The van der Waals surface area contributed by atoms with Gasteiger partial charge in [-0.05, 0) is 60.2 Å². The van der Waals surface area contributed by atoms with Crippen molar-refractivity contribution in [1.82, 2.24) is 4.98 Å². The lowest BCUT2D eigenvalue weighted by atomic mass is 9.95. The van der Waals surface area contributed by atoms with Gasteiger partial charge in [0.25, 0.3) is 5.78 Å². The molecule has 1 saturated heterocycles. The number of halogens is 1. The first-order valence-corrected chi connectivity index (χ1v) is 11.4. The summed E-state index contributed by atoms with van der Waals surface area (Å²) in [5, 5.41) is 11.4. The second-order valence-electron chi connectivity index (χ2n) is 7.78. The van der Waals surface area contributed by atoms with E-state index in [1.165, 1.54) is 41.5 Å². The van der Waals surface area contributed by atoms with Crippen LogP contribution >= 0.6 is 11.3 Å². The number of Topliss-reactive ketones (excluding diaryl/α,β-unsaturated/α-hetero) is 1. The molecule has 176 valence electrons. The van der Waals surface area contributed by atoms with Crippen LogP contribution in [0, 0.1) is 5.82 Å². The number of ketones is 1. The Morgan fingerprint density at radius 1 is 1.00 bits per heavy atom. The summed E-state index contributed by atoms with van der Waals surface area (Å²) < 4.78 is 25.4. The molecule has 2 heterocycles. The van der Waals surface area contributed by atoms with Gasteiger partial charge in [-0.2, -0.15) is 0 Å². The average molecular weight is 491 g/mol. The number of hydrogen-bond acceptors (Lipinski definition) is 7. The zero-order valence-electron chi connectivity index (χ0n) is 18.7. The Labute approximate surface area is 203 Å². The van der Waals surface area contributed by atoms with Crippen LogP contribution in [-0.2, 0) is 9.59 Å². The van der Waals surface area contributed by atoms with E-state index in [0.29, 0.717) is 28.1 Å². The molecule has 1 aliphatic rings. The van der Waals surface area contributed by atoms with E-state index in [-0.39, 0.29) is 16.5 Å². The minimum atomic E-state index is -1.07. The number of hydrogen-bond donors (Lipinski definition) is 1. The Hall–Kier alpha value is -4.24. The molecule has 4 aromatic rings. The van der Waals surface area contributed by atoms with Crippen molar-refractivity contribution in [2.75, 3.05) is 19.1 Å². The summed E-state index contributed by atoms with van der Waals surface area (Å²) in [5.41, 5.74) is 1.11. The van der Waals surface area contributed by atoms with Gasteiger partial charge in [0.15, 0.2) is 5.13 Å². The third kappa shape index (κ3) is 3.89.